The van der Waals surface area contributed by atoms with Crippen LogP contribution in [-0.4, -0.2) is 69.8 Å². The number of carbonyl (C=O) groups is 4. The molecule has 3 amide bonds. The van der Waals surface area contributed by atoms with Crippen molar-refractivity contribution in [1.29, 1.82) is 0 Å². The minimum absolute atomic E-state index is 0.0831. The number of amides is 3. The highest BCUT2D eigenvalue weighted by atomic mass is 32.2. The van der Waals surface area contributed by atoms with E-state index < -0.39 is 49.7 Å². The average Bonchev–Trinajstić information content (AvgIpc) is 2.78. The van der Waals surface area contributed by atoms with Crippen LogP contribution in [0.1, 0.15) is 29.9 Å². The zero-order valence-corrected chi connectivity index (χ0v) is 16.3. The highest BCUT2D eigenvalue weighted by molar-refractivity contribution is 7.94. The Morgan fingerprint density at radius 1 is 1.34 bits per heavy atom. The smallest absolute Gasteiger partial charge is 0.328 e. The van der Waals surface area contributed by atoms with Crippen molar-refractivity contribution in [2.75, 3.05) is 6.54 Å². The maximum absolute atomic E-state index is 12.8. The molecule has 2 aliphatic heterocycles. The number of rotatable bonds is 5. The van der Waals surface area contributed by atoms with Gasteiger partial charge in [-0.3, -0.25) is 19.4 Å². The average molecular weight is 422 g/mol. The van der Waals surface area contributed by atoms with E-state index in [9.17, 15) is 32.7 Å². The molecule has 1 aromatic heterocycles. The maximum Gasteiger partial charge on any atom is 0.328 e. The molecule has 2 fully saturated rings. The first-order valence-electron chi connectivity index (χ1n) is 8.42. The Labute approximate surface area is 165 Å². The quantitative estimate of drug-likeness (QED) is 0.379. The molecule has 1 aromatic rings. The van der Waals surface area contributed by atoms with Crippen LogP contribution in [0.4, 0.5) is 0 Å². The molecule has 0 aliphatic carbocycles. The molecule has 3 heterocycles. The van der Waals surface area contributed by atoms with Crippen LogP contribution in [0.5, 0.6) is 0 Å². The van der Waals surface area contributed by atoms with E-state index in [1.165, 1.54) is 38.3 Å². The normalized spacial score (nSPS) is 25.2. The third-order valence-corrected chi connectivity index (χ3v) is 7.73. The van der Waals surface area contributed by atoms with Crippen LogP contribution in [0.3, 0.4) is 0 Å². The predicted molar refractivity (Wildman–Crippen MR) is 98.8 cm³/mol. The summed E-state index contributed by atoms with van der Waals surface area (Å²) < 4.78 is 23.9. The Kier molecular flexibility index (Phi) is 4.69. The number of pyridine rings is 1. The lowest BCUT2D eigenvalue weighted by molar-refractivity contribution is -0.152. The van der Waals surface area contributed by atoms with Gasteiger partial charge in [0.15, 0.2) is 21.3 Å². The van der Waals surface area contributed by atoms with E-state index >= 15 is 0 Å². The van der Waals surface area contributed by atoms with Gasteiger partial charge >= 0.3 is 5.97 Å². The van der Waals surface area contributed by atoms with E-state index in [1.54, 1.807) is 0 Å². The van der Waals surface area contributed by atoms with Crippen molar-refractivity contribution in [3.63, 3.8) is 0 Å². The molecule has 12 heteroatoms. The minimum Gasteiger partial charge on any atom is -0.480 e. The summed E-state index contributed by atoms with van der Waals surface area (Å²) in [6.45, 7) is 2.22. The molecular formula is C17H18N4O7S. The number of primary amides is 1. The predicted octanol–water partition coefficient (Wildman–Crippen LogP) is -1.49. The number of carboxylic acids is 1. The Morgan fingerprint density at radius 3 is 2.52 bits per heavy atom. The second-order valence-corrected chi connectivity index (χ2v) is 9.76. The third kappa shape index (κ3) is 3.05. The van der Waals surface area contributed by atoms with Crippen LogP contribution in [0.2, 0.25) is 0 Å². The zero-order chi connectivity index (χ0) is 21.7. The van der Waals surface area contributed by atoms with Crippen molar-refractivity contribution in [1.82, 2.24) is 15.2 Å². The van der Waals surface area contributed by atoms with Crippen molar-refractivity contribution < 1.29 is 32.7 Å². The van der Waals surface area contributed by atoms with Crippen molar-refractivity contribution in [3.8, 4) is 0 Å². The SMILES string of the molecule is CC1(C)[C@H](C(=O)O)N2C(=O)C(=Cc3ccc(C(=O)NCC(N)=O)cn3)[C@H]2S1(=O)=O. The van der Waals surface area contributed by atoms with Gasteiger partial charge in [0.1, 0.15) is 4.75 Å². The van der Waals surface area contributed by atoms with E-state index in [2.05, 4.69) is 10.3 Å². The Bertz CT molecular complexity index is 1060. The molecule has 0 aromatic carbocycles. The summed E-state index contributed by atoms with van der Waals surface area (Å²) in [4.78, 5) is 51.4. The standard InChI is InChI=1S/C17H18N4O7S/c1-17(2)12(16(25)26)21-14(24)10(15(21)29(17,27)28)5-9-4-3-8(6-19-9)13(23)20-7-11(18)22/h3-6,12,15H,7H2,1-2H3,(H2,18,22)(H,20,23)(H,25,26)/t12-,15+/m0/s1. The highest BCUT2D eigenvalue weighted by Crippen LogP contribution is 2.48. The molecule has 2 aliphatic rings. The monoisotopic (exact) mass is 422 g/mol. The van der Waals surface area contributed by atoms with Crippen LogP contribution in [-0.2, 0) is 24.2 Å². The van der Waals surface area contributed by atoms with Crippen LogP contribution in [0.15, 0.2) is 23.9 Å². The number of β-lactam (4-membered cyclic amide) rings is 1. The van der Waals surface area contributed by atoms with E-state index in [0.717, 1.165) is 4.90 Å². The molecule has 0 saturated carbocycles. The second kappa shape index (κ2) is 6.65. The van der Waals surface area contributed by atoms with E-state index in [-0.39, 0.29) is 23.4 Å². The lowest BCUT2D eigenvalue weighted by Gasteiger charge is -2.37. The molecule has 0 spiro atoms. The molecular weight excluding hydrogens is 404 g/mol. The number of fused-ring (bicyclic) bond motifs is 1. The molecule has 0 unspecified atom stereocenters. The maximum atomic E-state index is 12.8. The van der Waals surface area contributed by atoms with Gasteiger partial charge in [0.25, 0.3) is 11.8 Å². The first-order chi connectivity index (χ1) is 13.4. The first kappa shape index (κ1) is 20.5. The molecule has 4 N–H and O–H groups in total. The molecule has 0 radical (unpaired) electrons. The number of hydrogen-bond acceptors (Lipinski definition) is 7. The number of carboxylic acid groups (broad SMARTS) is 1. The fraction of sp³-hybridized carbons (Fsp3) is 0.353. The number of sulfone groups is 1. The van der Waals surface area contributed by atoms with Crippen molar-refractivity contribution in [2.24, 2.45) is 5.73 Å². The topological polar surface area (TPSA) is 177 Å². The lowest BCUT2D eigenvalue weighted by atomic mass is 9.95. The summed E-state index contributed by atoms with van der Waals surface area (Å²) in [5.41, 5.74) is 5.21. The van der Waals surface area contributed by atoms with Crippen molar-refractivity contribution >= 4 is 39.6 Å². The van der Waals surface area contributed by atoms with E-state index in [4.69, 9.17) is 5.73 Å². The van der Waals surface area contributed by atoms with Gasteiger partial charge in [-0.2, -0.15) is 0 Å². The number of nitrogens with one attached hydrogen (secondary N) is 1. The number of carbonyl (C=O) groups excluding carboxylic acids is 3. The zero-order valence-electron chi connectivity index (χ0n) is 15.4. The summed E-state index contributed by atoms with van der Waals surface area (Å²) in [6, 6.07) is 1.29. The van der Waals surface area contributed by atoms with Gasteiger partial charge in [-0.05, 0) is 32.1 Å². The van der Waals surface area contributed by atoms with Crippen LogP contribution >= 0.6 is 0 Å². The summed E-state index contributed by atoms with van der Waals surface area (Å²) in [6.07, 6.45) is 2.45. The summed E-state index contributed by atoms with van der Waals surface area (Å²) in [5.74, 6) is -3.37. The largest absolute Gasteiger partial charge is 0.480 e. The summed E-state index contributed by atoms with van der Waals surface area (Å²) in [5, 5.41) is 10.3. The van der Waals surface area contributed by atoms with Gasteiger partial charge in [-0.1, -0.05) is 0 Å². The number of aromatic nitrogens is 1. The molecule has 0 bridgehead atoms. The van der Waals surface area contributed by atoms with E-state index in [0.29, 0.717) is 0 Å². The molecule has 2 saturated heterocycles. The minimum atomic E-state index is -3.98. The van der Waals surface area contributed by atoms with Gasteiger partial charge in [0.05, 0.1) is 23.4 Å². The fourth-order valence-electron chi connectivity index (χ4n) is 3.40. The number of nitrogens with zero attached hydrogens (tertiary/aromatic N) is 2. The van der Waals surface area contributed by atoms with Crippen LogP contribution in [0, 0.1) is 0 Å². The van der Waals surface area contributed by atoms with Gasteiger partial charge < -0.3 is 21.1 Å². The molecule has 154 valence electrons. The van der Waals surface area contributed by atoms with Gasteiger partial charge in [0.2, 0.25) is 5.91 Å². The summed E-state index contributed by atoms with van der Waals surface area (Å²) >= 11 is 0. The van der Waals surface area contributed by atoms with Crippen molar-refractivity contribution in [3.05, 3.63) is 35.2 Å². The fourth-order valence-corrected chi connectivity index (χ4v) is 5.52. The van der Waals surface area contributed by atoms with Gasteiger partial charge in [-0.15, -0.1) is 0 Å². The number of hydrogen-bond donors (Lipinski definition) is 3. The van der Waals surface area contributed by atoms with Crippen molar-refractivity contribution in [2.45, 2.75) is 30.0 Å². The summed E-state index contributed by atoms with van der Waals surface area (Å²) in [7, 11) is -3.98. The molecule has 2 atom stereocenters. The Hall–Kier alpha value is -3.28. The molecule has 29 heavy (non-hydrogen) atoms. The van der Waals surface area contributed by atoms with Crippen LogP contribution < -0.4 is 11.1 Å². The second-order valence-electron chi connectivity index (χ2n) is 7.17. The van der Waals surface area contributed by atoms with Gasteiger partial charge in [-0.25, -0.2) is 13.2 Å². The first-order valence-corrected chi connectivity index (χ1v) is 9.97. The third-order valence-electron chi connectivity index (χ3n) is 4.97. The number of nitrogens with two attached hydrogens (primary N) is 1. The van der Waals surface area contributed by atoms with Gasteiger partial charge in [0, 0.05) is 6.20 Å². The molecule has 11 nitrogen and oxygen atoms in total. The number of aliphatic carboxylic acids is 1. The lowest BCUT2D eigenvalue weighted by Crippen LogP contribution is -2.58. The van der Waals surface area contributed by atoms with Crippen LogP contribution in [0.25, 0.3) is 6.08 Å². The Balaban J connectivity index is 1.87. The highest BCUT2D eigenvalue weighted by Gasteiger charge is 2.70. The molecule has 3 rings (SSSR count). The Morgan fingerprint density at radius 2 is 2.00 bits per heavy atom. The van der Waals surface area contributed by atoms with E-state index in [1.807, 2.05) is 0 Å².